The minimum Gasteiger partial charge on any atom is -0.394 e. The molecule has 0 aromatic rings. The highest BCUT2D eigenvalue weighted by molar-refractivity contribution is 5.73. The summed E-state index contributed by atoms with van der Waals surface area (Å²) in [5.41, 5.74) is 0. The van der Waals surface area contributed by atoms with Crippen LogP contribution >= 0.6 is 0 Å². The summed E-state index contributed by atoms with van der Waals surface area (Å²) >= 11 is 0. The number of carbonyl (C=O) groups excluding carboxylic acids is 2. The van der Waals surface area contributed by atoms with Crippen LogP contribution in [0.3, 0.4) is 0 Å². The minimum atomic E-state index is -2.36. The van der Waals surface area contributed by atoms with E-state index in [2.05, 4.69) is 10.6 Å². The number of ether oxygens (including phenoxy) is 11. The molecule has 6 aliphatic rings. The Kier molecular flexibility index (Phi) is 21.3. The van der Waals surface area contributed by atoms with Gasteiger partial charge in [0.1, 0.15) is 146 Å². The van der Waals surface area contributed by atoms with E-state index in [1.807, 2.05) is 0 Å². The summed E-state index contributed by atoms with van der Waals surface area (Å²) in [5, 5.41) is 197. The van der Waals surface area contributed by atoms with Crippen molar-refractivity contribution in [1.29, 1.82) is 0 Å². The Morgan fingerprint density at radius 2 is 0.726 bits per heavy atom. The van der Waals surface area contributed by atoms with Gasteiger partial charge in [-0.25, -0.2) is 0 Å². The SMILES string of the molecule is CC(=O)N[C@H]1[C@H](O[C@H]2[C@H](O)[C@@H](O[C@H]3O[C@H](CO)[C@@H](O)[C@H](O)[C@H]3O)[C@H](O[C@H]3[C@@H](O)[C@@H](CO)OC(O)[C@@H]3NC(C)=O)O[C@@H]2CO[C@H]2O[C@H](CO)[C@H](O)[C@H](O)[C@H]2O)O[C@H](CO)[C@H](O[C@@H]2O[C@H](CO)[C@H](O)[C@H](O)[C@H]2O)[C@@H]1O. The third kappa shape index (κ3) is 13.0. The van der Waals surface area contributed by atoms with E-state index >= 15 is 0 Å². The molecule has 0 radical (unpaired) electrons. The molecule has 33 heteroatoms. The van der Waals surface area contributed by atoms with Gasteiger partial charge < -0.3 is 155 Å². The van der Waals surface area contributed by atoms with Gasteiger partial charge in [0.05, 0.1) is 39.6 Å². The van der Waals surface area contributed by atoms with Gasteiger partial charge in [-0.1, -0.05) is 0 Å². The lowest BCUT2D eigenvalue weighted by Gasteiger charge is -2.51. The first-order valence-corrected chi connectivity index (χ1v) is 23.1. The maximum absolute atomic E-state index is 12.7. The fourth-order valence-corrected chi connectivity index (χ4v) is 9.20. The average molecular weight is 1070 g/mol. The summed E-state index contributed by atoms with van der Waals surface area (Å²) in [6, 6.07) is -3.56. The number of carbonyl (C=O) groups is 2. The standard InChI is InChI=1S/C40H68N2O31/c1-9(48)41-17-23(54)31(71-38-28(59)25(56)20(51)12(4-44)66-38)15(7-47)68-36(17)70-32-16(8-63-37-27(58)24(55)19(50)11(3-43)65-37)69-40(72-33-18(42-10(2)49)35(62)64-14(6-46)22(33)53)34(30(32)61)73-39-29(60)26(57)21(52)13(5-45)67-39/h11-40,43-47,50-62H,3-8H2,1-2H3,(H,41,48)(H,42,49)/t11-,12-,13-,14-,15-,16-,17-,18-,19+,20+,21-,22+,23-,24+,25+,26+,27-,28-,29-,30+,31+,32-,33-,34-,35?,36+,37+,38+,39-,40+/m1/s1. The molecular weight excluding hydrogens is 1000 g/mol. The van der Waals surface area contributed by atoms with E-state index in [1.54, 1.807) is 0 Å². The fraction of sp³-hybridized carbons (Fsp3) is 0.950. The third-order valence-corrected chi connectivity index (χ3v) is 13.2. The van der Waals surface area contributed by atoms with Crippen molar-refractivity contribution in [2.45, 2.75) is 198 Å². The van der Waals surface area contributed by atoms with Gasteiger partial charge in [-0.15, -0.1) is 0 Å². The lowest BCUT2D eigenvalue weighted by atomic mass is 9.93. The van der Waals surface area contributed by atoms with Crippen LogP contribution in [0.15, 0.2) is 0 Å². The molecule has 0 spiro atoms. The first-order chi connectivity index (χ1) is 34.5. The predicted molar refractivity (Wildman–Crippen MR) is 222 cm³/mol. The van der Waals surface area contributed by atoms with Gasteiger partial charge in [0, 0.05) is 13.8 Å². The number of rotatable bonds is 18. The molecule has 0 aromatic carbocycles. The summed E-state index contributed by atoms with van der Waals surface area (Å²) in [5.74, 6) is -1.71. The highest BCUT2D eigenvalue weighted by Crippen LogP contribution is 2.37. The molecule has 2 amide bonds. The lowest BCUT2D eigenvalue weighted by molar-refractivity contribution is -0.400. The van der Waals surface area contributed by atoms with Crippen LogP contribution in [0.4, 0.5) is 0 Å². The van der Waals surface area contributed by atoms with E-state index in [0.717, 1.165) is 13.8 Å². The quantitative estimate of drug-likeness (QED) is 0.0606. The fourth-order valence-electron chi connectivity index (χ4n) is 9.20. The van der Waals surface area contributed by atoms with Gasteiger partial charge in [-0.05, 0) is 0 Å². The van der Waals surface area contributed by atoms with Crippen LogP contribution in [-0.4, -0.2) is 327 Å². The first-order valence-electron chi connectivity index (χ1n) is 23.1. The summed E-state index contributed by atoms with van der Waals surface area (Å²) in [7, 11) is 0. The van der Waals surface area contributed by atoms with Gasteiger partial charge in [0.2, 0.25) is 11.8 Å². The normalized spacial score (nSPS) is 49.8. The van der Waals surface area contributed by atoms with E-state index in [-0.39, 0.29) is 0 Å². The van der Waals surface area contributed by atoms with E-state index in [9.17, 15) is 102 Å². The van der Waals surface area contributed by atoms with Crippen LogP contribution in [0.25, 0.3) is 0 Å². The highest BCUT2D eigenvalue weighted by atomic mass is 16.8. The Balaban J connectivity index is 1.40. The molecule has 0 aromatic heterocycles. The number of aliphatic hydroxyl groups is 18. The first kappa shape index (κ1) is 60.0. The zero-order chi connectivity index (χ0) is 53.9. The van der Waals surface area contributed by atoms with Crippen molar-refractivity contribution < 1.29 is 154 Å². The maximum atomic E-state index is 12.7. The minimum absolute atomic E-state index is 0.820. The van der Waals surface area contributed by atoms with Crippen molar-refractivity contribution >= 4 is 11.8 Å². The van der Waals surface area contributed by atoms with Crippen LogP contribution in [0, 0.1) is 0 Å². The highest BCUT2D eigenvalue weighted by Gasteiger charge is 2.58. The second-order valence-corrected chi connectivity index (χ2v) is 18.3. The molecule has 30 atom stereocenters. The number of aliphatic hydroxyl groups excluding tert-OH is 18. The van der Waals surface area contributed by atoms with Crippen LogP contribution in [0.5, 0.6) is 0 Å². The average Bonchev–Trinajstić information content (AvgIpc) is 3.35. The lowest BCUT2D eigenvalue weighted by Crippen LogP contribution is -2.71. The molecule has 0 saturated carbocycles. The van der Waals surface area contributed by atoms with Gasteiger partial charge in [-0.3, -0.25) is 9.59 Å². The summed E-state index contributed by atoms with van der Waals surface area (Å²) in [6.45, 7) is -3.81. The van der Waals surface area contributed by atoms with Gasteiger partial charge in [0.25, 0.3) is 0 Å². The molecule has 33 nitrogen and oxygen atoms in total. The van der Waals surface area contributed by atoms with Crippen molar-refractivity contribution in [3.8, 4) is 0 Å². The Bertz CT molecular complexity index is 1740. The van der Waals surface area contributed by atoms with Crippen molar-refractivity contribution in [2.75, 3.05) is 39.6 Å². The summed E-state index contributed by atoms with van der Waals surface area (Å²) in [4.78, 5) is 25.1. The van der Waals surface area contributed by atoms with E-state index < -0.39 is 236 Å². The van der Waals surface area contributed by atoms with Crippen molar-refractivity contribution in [1.82, 2.24) is 10.6 Å². The second-order valence-electron chi connectivity index (χ2n) is 18.3. The smallest absolute Gasteiger partial charge is 0.217 e. The summed E-state index contributed by atoms with van der Waals surface area (Å²) in [6.07, 6.45) is -54.8. The topological polar surface area (TPSA) is 524 Å². The van der Waals surface area contributed by atoms with Crippen LogP contribution in [0.1, 0.15) is 13.8 Å². The molecular formula is C40H68N2O31. The number of hydrogen-bond acceptors (Lipinski definition) is 31. The van der Waals surface area contributed by atoms with Crippen molar-refractivity contribution in [2.24, 2.45) is 0 Å². The Morgan fingerprint density at radius 1 is 0.356 bits per heavy atom. The Labute approximate surface area is 413 Å². The van der Waals surface area contributed by atoms with E-state index in [0.29, 0.717) is 0 Å². The summed E-state index contributed by atoms with van der Waals surface area (Å²) < 4.78 is 63.7. The third-order valence-electron chi connectivity index (χ3n) is 13.2. The largest absolute Gasteiger partial charge is 0.394 e. The van der Waals surface area contributed by atoms with Crippen LogP contribution < -0.4 is 10.6 Å². The zero-order valence-corrected chi connectivity index (χ0v) is 38.9. The van der Waals surface area contributed by atoms with Crippen molar-refractivity contribution in [3.63, 3.8) is 0 Å². The molecule has 6 heterocycles. The van der Waals surface area contributed by atoms with Crippen LogP contribution in [0.2, 0.25) is 0 Å². The number of amides is 2. The predicted octanol–water partition coefficient (Wildman–Crippen LogP) is -13.8. The molecule has 73 heavy (non-hydrogen) atoms. The van der Waals surface area contributed by atoms with Gasteiger partial charge >= 0.3 is 0 Å². The molecule has 424 valence electrons. The van der Waals surface area contributed by atoms with Crippen molar-refractivity contribution in [3.05, 3.63) is 0 Å². The molecule has 1 unspecified atom stereocenters. The second kappa shape index (κ2) is 26.0. The van der Waals surface area contributed by atoms with Gasteiger partial charge in [-0.2, -0.15) is 0 Å². The Morgan fingerprint density at radius 3 is 1.21 bits per heavy atom. The van der Waals surface area contributed by atoms with Crippen LogP contribution in [-0.2, 0) is 61.7 Å². The molecule has 6 aliphatic heterocycles. The molecule has 6 fully saturated rings. The number of hydrogen-bond donors (Lipinski definition) is 20. The molecule has 0 bridgehead atoms. The number of nitrogens with one attached hydrogen (secondary N) is 2. The van der Waals surface area contributed by atoms with Gasteiger partial charge in [0.15, 0.2) is 37.7 Å². The zero-order valence-electron chi connectivity index (χ0n) is 38.9. The molecule has 6 rings (SSSR count). The molecule has 20 N–H and O–H groups in total. The van der Waals surface area contributed by atoms with E-state index in [1.165, 1.54) is 0 Å². The molecule has 0 aliphatic carbocycles. The molecule has 6 saturated heterocycles. The maximum Gasteiger partial charge on any atom is 0.217 e. The monoisotopic (exact) mass is 1070 g/mol. The Hall–Kier alpha value is -2.22. The van der Waals surface area contributed by atoms with E-state index in [4.69, 9.17) is 52.1 Å².